The molecule has 2 aliphatic carbocycles. The fraction of sp³-hybridized carbons (Fsp3) is 0.276. The number of fused-ring (bicyclic) bond motifs is 3. The molecule has 2 heterocycles. The standard InChI is InChI=1S/C29H27N3O/c1-20-24-12-13-25-27(29(24,17-14-26(20)33)22-8-4-2-5-9-22)31-28(21-15-18-30-19-16-21)32(25)23-10-6-3-7-11-23/h2-11,15-16,18-20,24H,12-14,17H2,1H3/t20-,24-,29+/m0/s1. The lowest BCUT2D eigenvalue weighted by atomic mass is 9.53. The summed E-state index contributed by atoms with van der Waals surface area (Å²) in [6.45, 7) is 2.13. The highest BCUT2D eigenvalue weighted by Gasteiger charge is 2.54. The van der Waals surface area contributed by atoms with Gasteiger partial charge in [0.15, 0.2) is 0 Å². The van der Waals surface area contributed by atoms with Crippen LogP contribution in [0.15, 0.2) is 85.2 Å². The van der Waals surface area contributed by atoms with Gasteiger partial charge in [0, 0.05) is 47.1 Å². The van der Waals surface area contributed by atoms with Gasteiger partial charge in [-0.1, -0.05) is 55.5 Å². The Hall–Kier alpha value is -3.53. The van der Waals surface area contributed by atoms with Crippen molar-refractivity contribution < 1.29 is 4.79 Å². The molecule has 6 rings (SSSR count). The molecule has 164 valence electrons. The molecule has 0 amide bonds. The number of nitrogens with zero attached hydrogens (tertiary/aromatic N) is 3. The smallest absolute Gasteiger partial charge is 0.145 e. The van der Waals surface area contributed by atoms with Gasteiger partial charge in [0.05, 0.1) is 5.69 Å². The molecular formula is C29H27N3O. The largest absolute Gasteiger partial charge is 0.299 e. The van der Waals surface area contributed by atoms with Crippen LogP contribution in [0.3, 0.4) is 0 Å². The van der Waals surface area contributed by atoms with E-state index < -0.39 is 0 Å². The van der Waals surface area contributed by atoms with E-state index in [2.05, 4.69) is 77.1 Å². The Morgan fingerprint density at radius 2 is 1.61 bits per heavy atom. The van der Waals surface area contributed by atoms with Crippen molar-refractivity contribution in [1.29, 1.82) is 0 Å². The van der Waals surface area contributed by atoms with Crippen LogP contribution in [-0.2, 0) is 16.6 Å². The zero-order valence-corrected chi connectivity index (χ0v) is 18.8. The number of benzene rings is 2. The maximum atomic E-state index is 12.8. The molecular weight excluding hydrogens is 406 g/mol. The molecule has 0 spiro atoms. The quantitative estimate of drug-likeness (QED) is 0.411. The van der Waals surface area contributed by atoms with Crippen LogP contribution in [0.25, 0.3) is 17.1 Å². The van der Waals surface area contributed by atoms with Gasteiger partial charge in [0.1, 0.15) is 11.6 Å². The predicted octanol–water partition coefficient (Wildman–Crippen LogP) is 5.78. The van der Waals surface area contributed by atoms with Gasteiger partial charge in [-0.25, -0.2) is 4.98 Å². The second-order valence-electron chi connectivity index (χ2n) is 9.38. The molecule has 0 unspecified atom stereocenters. The van der Waals surface area contributed by atoms with E-state index in [0.717, 1.165) is 42.0 Å². The molecule has 0 saturated heterocycles. The van der Waals surface area contributed by atoms with Crippen LogP contribution in [0.1, 0.15) is 43.1 Å². The van der Waals surface area contributed by atoms with E-state index in [4.69, 9.17) is 4.98 Å². The second-order valence-corrected chi connectivity index (χ2v) is 9.38. The second kappa shape index (κ2) is 7.80. The Morgan fingerprint density at radius 1 is 0.909 bits per heavy atom. The fourth-order valence-electron chi connectivity index (χ4n) is 6.29. The van der Waals surface area contributed by atoms with Crippen molar-refractivity contribution in [2.45, 2.75) is 38.0 Å². The number of carbonyl (C=O) groups excluding carboxylic acids is 1. The van der Waals surface area contributed by atoms with Crippen molar-refractivity contribution in [3.05, 3.63) is 102 Å². The maximum Gasteiger partial charge on any atom is 0.145 e. The summed E-state index contributed by atoms with van der Waals surface area (Å²) in [5, 5.41) is 0. The molecule has 2 aromatic carbocycles. The number of carbonyl (C=O) groups is 1. The van der Waals surface area contributed by atoms with Gasteiger partial charge in [-0.3, -0.25) is 14.3 Å². The summed E-state index contributed by atoms with van der Waals surface area (Å²) >= 11 is 0. The van der Waals surface area contributed by atoms with Crippen LogP contribution < -0.4 is 0 Å². The van der Waals surface area contributed by atoms with Gasteiger partial charge >= 0.3 is 0 Å². The van der Waals surface area contributed by atoms with Crippen molar-refractivity contribution in [2.24, 2.45) is 11.8 Å². The summed E-state index contributed by atoms with van der Waals surface area (Å²) in [5.41, 5.74) is 5.65. The highest BCUT2D eigenvalue weighted by atomic mass is 16.1. The molecule has 1 saturated carbocycles. The lowest BCUT2D eigenvalue weighted by molar-refractivity contribution is -0.128. The Labute approximate surface area is 194 Å². The summed E-state index contributed by atoms with van der Waals surface area (Å²) < 4.78 is 2.34. The molecule has 4 nitrogen and oxygen atoms in total. The molecule has 1 fully saturated rings. The zero-order valence-electron chi connectivity index (χ0n) is 18.8. The molecule has 3 atom stereocenters. The van der Waals surface area contributed by atoms with E-state index in [1.165, 1.54) is 11.3 Å². The van der Waals surface area contributed by atoms with E-state index in [9.17, 15) is 4.79 Å². The predicted molar refractivity (Wildman–Crippen MR) is 129 cm³/mol. The first kappa shape index (κ1) is 20.1. The van der Waals surface area contributed by atoms with Crippen LogP contribution in [0.5, 0.6) is 0 Å². The molecule has 0 N–H and O–H groups in total. The van der Waals surface area contributed by atoms with Gasteiger partial charge in [-0.15, -0.1) is 0 Å². The van der Waals surface area contributed by atoms with E-state index in [1.807, 2.05) is 24.5 Å². The molecule has 0 radical (unpaired) electrons. The molecule has 0 bridgehead atoms. The fourth-order valence-corrected chi connectivity index (χ4v) is 6.29. The van der Waals surface area contributed by atoms with Crippen LogP contribution in [0, 0.1) is 11.8 Å². The summed E-state index contributed by atoms with van der Waals surface area (Å²) in [7, 11) is 0. The van der Waals surface area contributed by atoms with Crippen molar-refractivity contribution in [3.63, 3.8) is 0 Å². The van der Waals surface area contributed by atoms with Crippen LogP contribution in [0.2, 0.25) is 0 Å². The topological polar surface area (TPSA) is 47.8 Å². The molecule has 33 heavy (non-hydrogen) atoms. The third-order valence-corrected chi connectivity index (χ3v) is 7.84. The zero-order chi connectivity index (χ0) is 22.4. The Kier molecular flexibility index (Phi) is 4.75. The molecule has 2 aromatic heterocycles. The van der Waals surface area contributed by atoms with Gasteiger partial charge < -0.3 is 0 Å². The van der Waals surface area contributed by atoms with Crippen molar-refractivity contribution in [2.75, 3.05) is 0 Å². The Bertz CT molecular complexity index is 1300. The third-order valence-electron chi connectivity index (χ3n) is 7.84. The number of para-hydroxylation sites is 1. The first-order chi connectivity index (χ1) is 16.2. The van der Waals surface area contributed by atoms with Crippen LogP contribution in [0.4, 0.5) is 0 Å². The summed E-state index contributed by atoms with van der Waals surface area (Å²) in [5.74, 6) is 1.65. The van der Waals surface area contributed by atoms with E-state index in [1.54, 1.807) is 0 Å². The Balaban J connectivity index is 1.66. The SMILES string of the molecule is C[C@@H]1C(=O)CC[C@]2(c3ccccc3)c3nc(-c4ccncc4)n(-c4ccccc4)c3CC[C@@H]12. The van der Waals surface area contributed by atoms with Crippen LogP contribution in [-0.4, -0.2) is 20.3 Å². The lowest BCUT2D eigenvalue weighted by Crippen LogP contribution is -2.49. The highest BCUT2D eigenvalue weighted by molar-refractivity contribution is 5.83. The number of aromatic nitrogens is 3. The Morgan fingerprint density at radius 3 is 2.33 bits per heavy atom. The van der Waals surface area contributed by atoms with Crippen molar-refractivity contribution in [3.8, 4) is 17.1 Å². The first-order valence-electron chi connectivity index (χ1n) is 11.9. The van der Waals surface area contributed by atoms with Gasteiger partial charge in [-0.05, 0) is 55.0 Å². The lowest BCUT2D eigenvalue weighted by Gasteiger charge is -2.49. The minimum Gasteiger partial charge on any atom is -0.299 e. The third kappa shape index (κ3) is 3.01. The monoisotopic (exact) mass is 433 g/mol. The van der Waals surface area contributed by atoms with E-state index in [-0.39, 0.29) is 17.3 Å². The summed E-state index contributed by atoms with van der Waals surface area (Å²) in [4.78, 5) is 22.5. The normalized spacial score (nSPS) is 24.2. The van der Waals surface area contributed by atoms with Crippen LogP contribution >= 0.6 is 0 Å². The average molecular weight is 434 g/mol. The van der Waals surface area contributed by atoms with Gasteiger partial charge in [-0.2, -0.15) is 0 Å². The minimum atomic E-state index is -0.246. The molecule has 2 aliphatic rings. The number of Topliss-reactive ketones (excluding diaryl/α,β-unsaturated/α-hetero) is 1. The van der Waals surface area contributed by atoms with E-state index >= 15 is 0 Å². The number of hydrogen-bond acceptors (Lipinski definition) is 3. The number of hydrogen-bond donors (Lipinski definition) is 0. The number of rotatable bonds is 3. The van der Waals surface area contributed by atoms with Gasteiger partial charge in [0.25, 0.3) is 0 Å². The van der Waals surface area contributed by atoms with Crippen molar-refractivity contribution >= 4 is 5.78 Å². The summed E-state index contributed by atoms with van der Waals surface area (Å²) in [6.07, 6.45) is 6.99. The maximum absolute atomic E-state index is 12.8. The molecule has 4 aromatic rings. The van der Waals surface area contributed by atoms with E-state index in [0.29, 0.717) is 12.2 Å². The number of imidazole rings is 1. The first-order valence-corrected chi connectivity index (χ1v) is 11.9. The summed E-state index contributed by atoms with van der Waals surface area (Å²) in [6, 6.07) is 25.4. The number of pyridine rings is 1. The average Bonchev–Trinajstić information content (AvgIpc) is 3.28. The molecule has 0 aliphatic heterocycles. The highest BCUT2D eigenvalue weighted by Crippen LogP contribution is 2.55. The number of ketones is 1. The molecule has 4 heteroatoms. The van der Waals surface area contributed by atoms with Gasteiger partial charge in [0.2, 0.25) is 0 Å². The minimum absolute atomic E-state index is 0.0401. The van der Waals surface area contributed by atoms with Crippen molar-refractivity contribution in [1.82, 2.24) is 14.5 Å².